The molecule has 0 aliphatic rings. The van der Waals surface area contributed by atoms with Crippen LogP contribution in [0.3, 0.4) is 0 Å². The van der Waals surface area contributed by atoms with E-state index in [1.165, 1.54) is 0 Å². The van der Waals surface area contributed by atoms with Crippen LogP contribution < -0.4 is 5.32 Å². The van der Waals surface area contributed by atoms with Crippen molar-refractivity contribution >= 4 is 15.7 Å². The normalized spacial score (nSPS) is 11.2. The molecule has 24 heavy (non-hydrogen) atoms. The van der Waals surface area contributed by atoms with E-state index >= 15 is 0 Å². The average Bonchev–Trinajstić information content (AvgIpc) is 2.55. The number of aromatic hydroxyl groups is 1. The summed E-state index contributed by atoms with van der Waals surface area (Å²) < 4.78 is 24.3. The van der Waals surface area contributed by atoms with Gasteiger partial charge in [0.25, 0.3) is 0 Å². The van der Waals surface area contributed by atoms with Crippen molar-refractivity contribution in [1.29, 1.82) is 0 Å². The lowest BCUT2D eigenvalue weighted by Crippen LogP contribution is -2.27. The van der Waals surface area contributed by atoms with E-state index in [2.05, 4.69) is 5.32 Å². The van der Waals surface area contributed by atoms with Gasteiger partial charge in [-0.1, -0.05) is 35.9 Å². The van der Waals surface area contributed by atoms with Gasteiger partial charge in [-0.3, -0.25) is 4.79 Å². The number of rotatable bonds is 7. The Labute approximate surface area is 142 Å². The lowest BCUT2D eigenvalue weighted by Gasteiger charge is -2.08. The lowest BCUT2D eigenvalue weighted by atomic mass is 10.1. The van der Waals surface area contributed by atoms with Crippen LogP contribution in [0.5, 0.6) is 5.75 Å². The Morgan fingerprint density at radius 3 is 2.42 bits per heavy atom. The van der Waals surface area contributed by atoms with E-state index in [-0.39, 0.29) is 28.7 Å². The monoisotopic (exact) mass is 347 g/mol. The Hall–Kier alpha value is -2.34. The van der Waals surface area contributed by atoms with Gasteiger partial charge in [0.1, 0.15) is 5.75 Å². The van der Waals surface area contributed by atoms with Crippen molar-refractivity contribution < 1.29 is 18.3 Å². The third-order valence-corrected chi connectivity index (χ3v) is 5.42. The number of para-hydroxylation sites is 1. The molecule has 0 spiro atoms. The van der Waals surface area contributed by atoms with Gasteiger partial charge in [0.05, 0.1) is 10.6 Å². The molecule has 0 aromatic heterocycles. The van der Waals surface area contributed by atoms with Crippen LogP contribution in [0.1, 0.15) is 17.5 Å². The summed E-state index contributed by atoms with van der Waals surface area (Å²) in [6.07, 6.45) is 0.403. The molecule has 0 aliphatic heterocycles. The van der Waals surface area contributed by atoms with Crippen molar-refractivity contribution in [1.82, 2.24) is 5.32 Å². The van der Waals surface area contributed by atoms with Crippen LogP contribution in [0, 0.1) is 6.92 Å². The van der Waals surface area contributed by atoms with E-state index in [1.807, 2.05) is 13.0 Å². The number of nitrogens with one attached hydrogen (secondary N) is 1. The number of hydrogen-bond acceptors (Lipinski definition) is 4. The molecule has 0 atom stereocenters. The zero-order chi connectivity index (χ0) is 17.6. The van der Waals surface area contributed by atoms with Crippen LogP contribution >= 0.6 is 0 Å². The van der Waals surface area contributed by atoms with Gasteiger partial charge in [-0.15, -0.1) is 0 Å². The van der Waals surface area contributed by atoms with Gasteiger partial charge in [-0.2, -0.15) is 0 Å². The molecule has 128 valence electrons. The Balaban J connectivity index is 1.80. The minimum Gasteiger partial charge on any atom is -0.508 e. The van der Waals surface area contributed by atoms with Crippen molar-refractivity contribution in [3.05, 3.63) is 59.7 Å². The Morgan fingerprint density at radius 1 is 1.08 bits per heavy atom. The standard InChI is InChI=1S/C18H21NO4S/c1-14-6-8-16(9-7-14)24(22,23)13-11-18(21)19-12-10-15-4-2-3-5-17(15)20/h2-9,20H,10-13H2,1H3,(H,19,21). The molecule has 2 N–H and O–H groups in total. The second-order valence-corrected chi connectivity index (χ2v) is 7.72. The number of phenols is 1. The van der Waals surface area contributed by atoms with Crippen LogP contribution in [-0.4, -0.2) is 31.7 Å². The predicted octanol–water partition coefficient (Wildman–Crippen LogP) is 2.22. The molecule has 0 radical (unpaired) electrons. The van der Waals surface area contributed by atoms with Gasteiger partial charge in [-0.05, 0) is 37.1 Å². The topological polar surface area (TPSA) is 83.5 Å². The zero-order valence-corrected chi connectivity index (χ0v) is 14.3. The number of amides is 1. The second kappa shape index (κ2) is 7.97. The number of carbonyl (C=O) groups excluding carboxylic acids is 1. The van der Waals surface area contributed by atoms with Gasteiger partial charge < -0.3 is 10.4 Å². The maximum absolute atomic E-state index is 12.2. The first kappa shape index (κ1) is 18.0. The summed E-state index contributed by atoms with van der Waals surface area (Å²) in [6.45, 7) is 2.23. The molecule has 2 rings (SSSR count). The molecule has 2 aromatic rings. The summed E-state index contributed by atoms with van der Waals surface area (Å²) >= 11 is 0. The number of phenolic OH excluding ortho intramolecular Hbond substituents is 1. The lowest BCUT2D eigenvalue weighted by molar-refractivity contribution is -0.120. The quantitative estimate of drug-likeness (QED) is 0.804. The summed E-state index contributed by atoms with van der Waals surface area (Å²) in [5, 5.41) is 12.3. The average molecular weight is 347 g/mol. The molecule has 0 heterocycles. The maximum atomic E-state index is 12.2. The van der Waals surface area contributed by atoms with E-state index in [0.29, 0.717) is 13.0 Å². The smallest absolute Gasteiger partial charge is 0.221 e. The third-order valence-electron chi connectivity index (χ3n) is 3.69. The first-order valence-electron chi connectivity index (χ1n) is 7.71. The van der Waals surface area contributed by atoms with Crippen LogP contribution in [-0.2, 0) is 21.1 Å². The van der Waals surface area contributed by atoms with Gasteiger partial charge >= 0.3 is 0 Å². The van der Waals surface area contributed by atoms with Crippen LogP contribution in [0.15, 0.2) is 53.4 Å². The molecule has 0 unspecified atom stereocenters. The van der Waals surface area contributed by atoms with Crippen molar-refractivity contribution in [3.8, 4) is 5.75 Å². The van der Waals surface area contributed by atoms with Crippen LogP contribution in [0.4, 0.5) is 0 Å². The van der Waals surface area contributed by atoms with Crippen LogP contribution in [0.2, 0.25) is 0 Å². The summed E-state index contributed by atoms with van der Waals surface area (Å²) in [4.78, 5) is 12.0. The molecular weight excluding hydrogens is 326 g/mol. The second-order valence-electron chi connectivity index (χ2n) is 5.61. The van der Waals surface area contributed by atoms with Gasteiger partial charge in [0.2, 0.25) is 5.91 Å². The fraction of sp³-hybridized carbons (Fsp3) is 0.278. The first-order chi connectivity index (χ1) is 11.4. The third kappa shape index (κ3) is 5.09. The van der Waals surface area contributed by atoms with E-state index in [1.54, 1.807) is 42.5 Å². The number of carbonyl (C=O) groups is 1. The fourth-order valence-corrected chi connectivity index (χ4v) is 3.48. The largest absolute Gasteiger partial charge is 0.508 e. The highest BCUT2D eigenvalue weighted by molar-refractivity contribution is 7.91. The number of aryl methyl sites for hydroxylation is 1. The van der Waals surface area contributed by atoms with Crippen molar-refractivity contribution in [2.24, 2.45) is 0 Å². The Morgan fingerprint density at radius 2 is 1.75 bits per heavy atom. The molecule has 1 amide bonds. The maximum Gasteiger partial charge on any atom is 0.221 e. The van der Waals surface area contributed by atoms with Gasteiger partial charge in [-0.25, -0.2) is 8.42 Å². The molecule has 6 heteroatoms. The SMILES string of the molecule is Cc1ccc(S(=O)(=O)CCC(=O)NCCc2ccccc2O)cc1. The van der Waals surface area contributed by atoms with Gasteiger partial charge in [0.15, 0.2) is 9.84 Å². The van der Waals surface area contributed by atoms with E-state index in [0.717, 1.165) is 11.1 Å². The minimum atomic E-state index is -3.46. The summed E-state index contributed by atoms with van der Waals surface area (Å²) in [6, 6.07) is 13.5. The van der Waals surface area contributed by atoms with Crippen molar-refractivity contribution in [2.75, 3.05) is 12.3 Å². The molecule has 0 saturated heterocycles. The first-order valence-corrected chi connectivity index (χ1v) is 9.37. The molecule has 0 bridgehead atoms. The van der Waals surface area contributed by atoms with Crippen LogP contribution in [0.25, 0.3) is 0 Å². The molecule has 0 saturated carbocycles. The number of benzene rings is 2. The molecule has 0 fully saturated rings. The van der Waals surface area contributed by atoms with E-state index in [9.17, 15) is 18.3 Å². The zero-order valence-electron chi connectivity index (χ0n) is 13.5. The molecular formula is C18H21NO4S. The molecule has 2 aromatic carbocycles. The van der Waals surface area contributed by atoms with E-state index in [4.69, 9.17) is 0 Å². The highest BCUT2D eigenvalue weighted by atomic mass is 32.2. The van der Waals surface area contributed by atoms with Crippen molar-refractivity contribution in [3.63, 3.8) is 0 Å². The Bertz CT molecular complexity index is 798. The highest BCUT2D eigenvalue weighted by Crippen LogP contribution is 2.15. The predicted molar refractivity (Wildman–Crippen MR) is 92.7 cm³/mol. The number of hydrogen-bond donors (Lipinski definition) is 2. The van der Waals surface area contributed by atoms with Gasteiger partial charge in [0, 0.05) is 13.0 Å². The summed E-state index contributed by atoms with van der Waals surface area (Å²) in [5.41, 5.74) is 1.72. The Kier molecular flexibility index (Phi) is 5.98. The highest BCUT2D eigenvalue weighted by Gasteiger charge is 2.16. The molecule has 0 aliphatic carbocycles. The molecule has 5 nitrogen and oxygen atoms in total. The minimum absolute atomic E-state index is 0.0863. The summed E-state index contributed by atoms with van der Waals surface area (Å²) in [7, 11) is -3.46. The van der Waals surface area contributed by atoms with E-state index < -0.39 is 9.84 Å². The van der Waals surface area contributed by atoms with Crippen molar-refractivity contribution in [2.45, 2.75) is 24.7 Å². The number of sulfone groups is 1. The summed E-state index contributed by atoms with van der Waals surface area (Å²) in [5.74, 6) is -0.354. The fourth-order valence-electron chi connectivity index (χ4n) is 2.24.